The first-order chi connectivity index (χ1) is 10.2. The maximum Gasteiger partial charge on any atom is 0.125 e. The molecule has 0 aliphatic heterocycles. The standard InChI is InChI=1S/C18H26N2O/c1-4-6-10-14-19-20-18(15(3)11-7-5-2)16-12-8-9-13-17(16)21/h8-10,12-14,21H,4-7,11H2,1-3H3/b14-10+,18-15+,20-19-. The van der Waals surface area contributed by atoms with Crippen LogP contribution < -0.4 is 0 Å². The number of nitrogens with zero attached hydrogens (tertiary/aromatic N) is 2. The highest BCUT2D eigenvalue weighted by Crippen LogP contribution is 2.30. The Kier molecular flexibility index (Phi) is 8.10. The zero-order valence-electron chi connectivity index (χ0n) is 13.3. The van der Waals surface area contributed by atoms with Crippen LogP contribution in [0.4, 0.5) is 0 Å². The molecule has 0 spiro atoms. The maximum absolute atomic E-state index is 10.0. The van der Waals surface area contributed by atoms with E-state index in [-0.39, 0.29) is 5.75 Å². The number of aromatic hydroxyl groups is 1. The Bertz CT molecular complexity index is 516. The van der Waals surface area contributed by atoms with E-state index in [0.29, 0.717) is 0 Å². The van der Waals surface area contributed by atoms with E-state index in [1.54, 1.807) is 12.3 Å². The van der Waals surface area contributed by atoms with Crippen molar-refractivity contribution in [1.82, 2.24) is 0 Å². The van der Waals surface area contributed by atoms with Crippen molar-refractivity contribution in [2.45, 2.75) is 52.9 Å². The van der Waals surface area contributed by atoms with Gasteiger partial charge in [0, 0.05) is 11.8 Å². The lowest BCUT2D eigenvalue weighted by molar-refractivity contribution is 0.473. The molecule has 0 unspecified atom stereocenters. The van der Waals surface area contributed by atoms with Gasteiger partial charge >= 0.3 is 0 Å². The predicted octanol–water partition coefficient (Wildman–Crippen LogP) is 6.08. The van der Waals surface area contributed by atoms with Crippen LogP contribution in [0.25, 0.3) is 5.70 Å². The Morgan fingerprint density at radius 2 is 1.95 bits per heavy atom. The summed E-state index contributed by atoms with van der Waals surface area (Å²) in [6, 6.07) is 7.29. The van der Waals surface area contributed by atoms with Gasteiger partial charge in [-0.1, -0.05) is 44.9 Å². The van der Waals surface area contributed by atoms with Crippen LogP contribution in [0, 0.1) is 0 Å². The molecule has 1 aromatic rings. The van der Waals surface area contributed by atoms with Crippen LogP contribution in [0.5, 0.6) is 5.75 Å². The lowest BCUT2D eigenvalue weighted by Crippen LogP contribution is -1.88. The summed E-state index contributed by atoms with van der Waals surface area (Å²) in [6.07, 6.45) is 9.07. The van der Waals surface area contributed by atoms with Crippen LogP contribution in [0.1, 0.15) is 58.4 Å². The van der Waals surface area contributed by atoms with Crippen molar-refractivity contribution < 1.29 is 5.11 Å². The molecule has 0 radical (unpaired) electrons. The predicted molar refractivity (Wildman–Crippen MR) is 89.1 cm³/mol. The number of unbranched alkanes of at least 4 members (excludes halogenated alkanes) is 2. The van der Waals surface area contributed by atoms with Gasteiger partial charge in [-0.3, -0.25) is 0 Å². The van der Waals surface area contributed by atoms with Crippen LogP contribution in [0.3, 0.4) is 0 Å². The molecule has 0 saturated carbocycles. The first-order valence-corrected chi connectivity index (χ1v) is 7.74. The SMILES string of the molecule is CCC/C=C/N=N\C(=C(/C)CCCC)c1ccccc1O. The normalized spacial score (nSPS) is 13.1. The maximum atomic E-state index is 10.0. The minimum atomic E-state index is 0.250. The van der Waals surface area contributed by atoms with Crippen molar-refractivity contribution >= 4 is 5.70 Å². The van der Waals surface area contributed by atoms with E-state index < -0.39 is 0 Å². The summed E-state index contributed by atoms with van der Waals surface area (Å²) in [5.74, 6) is 0.250. The minimum Gasteiger partial charge on any atom is -0.507 e. The second kappa shape index (κ2) is 9.92. The van der Waals surface area contributed by atoms with Gasteiger partial charge in [0.1, 0.15) is 5.75 Å². The Morgan fingerprint density at radius 3 is 2.62 bits per heavy atom. The number of para-hydroxylation sites is 1. The van der Waals surface area contributed by atoms with Gasteiger partial charge in [-0.05, 0) is 43.9 Å². The molecule has 0 saturated heterocycles. The molecule has 114 valence electrons. The van der Waals surface area contributed by atoms with E-state index in [2.05, 4.69) is 31.0 Å². The lowest BCUT2D eigenvalue weighted by atomic mass is 10.0. The topological polar surface area (TPSA) is 45.0 Å². The molecule has 0 aliphatic rings. The molecule has 1 N–H and O–H groups in total. The van der Waals surface area contributed by atoms with Gasteiger partial charge in [0.15, 0.2) is 0 Å². The summed E-state index contributed by atoms with van der Waals surface area (Å²) in [5.41, 5.74) is 2.69. The van der Waals surface area contributed by atoms with Gasteiger partial charge in [0.25, 0.3) is 0 Å². The van der Waals surface area contributed by atoms with Crippen LogP contribution in [0.2, 0.25) is 0 Å². The quantitative estimate of drug-likeness (QED) is 0.578. The molecule has 0 atom stereocenters. The molecule has 0 heterocycles. The fourth-order valence-corrected chi connectivity index (χ4v) is 1.98. The smallest absolute Gasteiger partial charge is 0.125 e. The Morgan fingerprint density at radius 1 is 1.19 bits per heavy atom. The van der Waals surface area contributed by atoms with Crippen molar-refractivity contribution in [2.75, 3.05) is 0 Å². The van der Waals surface area contributed by atoms with E-state index in [1.807, 2.05) is 24.3 Å². The number of benzene rings is 1. The molecule has 3 heteroatoms. The first-order valence-electron chi connectivity index (χ1n) is 7.74. The molecule has 1 rings (SSSR count). The number of phenols is 1. The Hall–Kier alpha value is -1.90. The van der Waals surface area contributed by atoms with Crippen molar-refractivity contribution in [3.05, 3.63) is 47.7 Å². The zero-order valence-corrected chi connectivity index (χ0v) is 13.3. The van der Waals surface area contributed by atoms with Crippen LogP contribution in [0.15, 0.2) is 52.3 Å². The van der Waals surface area contributed by atoms with E-state index in [9.17, 15) is 5.11 Å². The minimum absolute atomic E-state index is 0.250. The molecular formula is C18H26N2O. The summed E-state index contributed by atoms with van der Waals surface area (Å²) in [6.45, 7) is 6.36. The fourth-order valence-electron chi connectivity index (χ4n) is 1.98. The molecule has 0 bridgehead atoms. The van der Waals surface area contributed by atoms with Crippen molar-refractivity contribution in [3.8, 4) is 5.75 Å². The largest absolute Gasteiger partial charge is 0.507 e. The number of rotatable bonds is 8. The van der Waals surface area contributed by atoms with E-state index in [1.165, 1.54) is 0 Å². The van der Waals surface area contributed by atoms with Crippen LogP contribution >= 0.6 is 0 Å². The average molecular weight is 286 g/mol. The van der Waals surface area contributed by atoms with Gasteiger partial charge < -0.3 is 5.11 Å². The van der Waals surface area contributed by atoms with Crippen molar-refractivity contribution in [3.63, 3.8) is 0 Å². The molecule has 3 nitrogen and oxygen atoms in total. The molecule has 1 aromatic carbocycles. The fraction of sp³-hybridized carbons (Fsp3) is 0.444. The van der Waals surface area contributed by atoms with Crippen LogP contribution in [-0.4, -0.2) is 5.11 Å². The highest BCUT2D eigenvalue weighted by atomic mass is 16.3. The molecular weight excluding hydrogens is 260 g/mol. The van der Waals surface area contributed by atoms with Crippen LogP contribution in [-0.2, 0) is 0 Å². The molecule has 0 fully saturated rings. The number of phenolic OH excluding ortho intramolecular Hbond substituents is 1. The summed E-state index contributed by atoms with van der Waals surface area (Å²) in [7, 11) is 0. The summed E-state index contributed by atoms with van der Waals surface area (Å²) in [5, 5.41) is 18.5. The third-order valence-electron chi connectivity index (χ3n) is 3.25. The second-order valence-corrected chi connectivity index (χ2v) is 5.14. The number of azo groups is 1. The number of hydrogen-bond acceptors (Lipinski definition) is 3. The molecule has 0 aromatic heterocycles. The molecule has 0 aliphatic carbocycles. The Balaban J connectivity index is 3.03. The van der Waals surface area contributed by atoms with E-state index in [4.69, 9.17) is 0 Å². The zero-order chi connectivity index (χ0) is 15.5. The Labute approximate surface area is 128 Å². The molecule has 0 amide bonds. The van der Waals surface area contributed by atoms with Crippen molar-refractivity contribution in [1.29, 1.82) is 0 Å². The summed E-state index contributed by atoms with van der Waals surface area (Å²) in [4.78, 5) is 0. The van der Waals surface area contributed by atoms with E-state index >= 15 is 0 Å². The van der Waals surface area contributed by atoms with E-state index in [0.717, 1.165) is 48.9 Å². The third-order valence-corrected chi connectivity index (χ3v) is 3.25. The van der Waals surface area contributed by atoms with Gasteiger partial charge in [-0.2, -0.15) is 10.2 Å². The second-order valence-electron chi connectivity index (χ2n) is 5.14. The summed E-state index contributed by atoms with van der Waals surface area (Å²) < 4.78 is 0. The van der Waals surface area contributed by atoms with Gasteiger partial charge in [-0.15, -0.1) is 0 Å². The van der Waals surface area contributed by atoms with Crippen molar-refractivity contribution in [2.24, 2.45) is 10.2 Å². The average Bonchev–Trinajstić information content (AvgIpc) is 2.49. The van der Waals surface area contributed by atoms with Gasteiger partial charge in [0.05, 0.1) is 5.70 Å². The number of allylic oxidation sites excluding steroid dienone is 2. The van der Waals surface area contributed by atoms with Gasteiger partial charge in [-0.25, -0.2) is 0 Å². The lowest BCUT2D eigenvalue weighted by Gasteiger charge is -2.08. The first kappa shape index (κ1) is 17.2. The monoisotopic (exact) mass is 286 g/mol. The summed E-state index contributed by atoms with van der Waals surface area (Å²) >= 11 is 0. The van der Waals surface area contributed by atoms with Gasteiger partial charge in [0.2, 0.25) is 0 Å². The third kappa shape index (κ3) is 5.94. The number of hydrogen-bond donors (Lipinski definition) is 1. The molecule has 21 heavy (non-hydrogen) atoms. The highest BCUT2D eigenvalue weighted by molar-refractivity contribution is 5.71. The highest BCUT2D eigenvalue weighted by Gasteiger charge is 2.09.